The van der Waals surface area contributed by atoms with Crippen LogP contribution in [0.4, 0.5) is 0 Å². The average Bonchev–Trinajstić information content (AvgIpc) is 3.00. The van der Waals surface area contributed by atoms with E-state index in [1.165, 1.54) is 49.7 Å². The largest absolute Gasteiger partial charge is 0.366 e. The second-order valence-electron chi connectivity index (χ2n) is 7.84. The number of Topliss-reactive ketones (excluding diaryl/α,β-unsaturated/α-hetero) is 1. The van der Waals surface area contributed by atoms with Crippen molar-refractivity contribution in [1.82, 2.24) is 0 Å². The van der Waals surface area contributed by atoms with Crippen LogP contribution in [-0.4, -0.2) is 11.7 Å². The van der Waals surface area contributed by atoms with Crippen LogP contribution >= 0.6 is 0 Å². The summed E-state index contributed by atoms with van der Waals surface area (Å²) in [6.07, 6.45) is 9.26. The van der Waals surface area contributed by atoms with Crippen molar-refractivity contribution in [3.8, 4) is 0 Å². The number of carbonyl (C=O) groups excluding carboxylic acids is 2. The van der Waals surface area contributed by atoms with E-state index in [0.717, 1.165) is 12.0 Å². The Hall–Kier alpha value is -2.42. The van der Waals surface area contributed by atoms with Gasteiger partial charge in [0.05, 0.1) is 0 Å². The molecule has 0 radical (unpaired) electrons. The summed E-state index contributed by atoms with van der Waals surface area (Å²) >= 11 is 0. The first-order valence-corrected chi connectivity index (χ1v) is 9.63. The number of rotatable bonds is 4. The van der Waals surface area contributed by atoms with Crippen molar-refractivity contribution >= 4 is 11.7 Å². The topological polar surface area (TPSA) is 60.2 Å². The van der Waals surface area contributed by atoms with Crippen LogP contribution in [0.25, 0.3) is 0 Å². The Morgan fingerprint density at radius 2 is 1.65 bits per heavy atom. The number of primary amides is 1. The Bertz CT molecular complexity index is 857. The van der Waals surface area contributed by atoms with Gasteiger partial charge < -0.3 is 5.73 Å². The number of fused-ring (bicyclic) bond motifs is 2. The lowest BCUT2D eigenvalue weighted by atomic mass is 9.70. The Balaban J connectivity index is 1.62. The van der Waals surface area contributed by atoms with E-state index < -0.39 is 5.91 Å². The minimum atomic E-state index is -0.552. The van der Waals surface area contributed by atoms with Crippen molar-refractivity contribution in [3.05, 3.63) is 70.3 Å². The minimum absolute atomic E-state index is 0.0463. The standard InChI is InChI=1S/C23H25NO2/c24-22(26)19-7-3-2-6-18(19)21(25)15-16-8-9-17-10-13-23(20(17)14-16)11-4-1-5-12-23/h2-3,6-9,14H,1,4-5,10-13,15H2,(H2,24,26). The molecule has 3 nitrogen and oxygen atoms in total. The highest BCUT2D eigenvalue weighted by molar-refractivity contribution is 6.08. The van der Waals surface area contributed by atoms with Crippen molar-refractivity contribution < 1.29 is 9.59 Å². The molecule has 2 aliphatic carbocycles. The monoisotopic (exact) mass is 347 g/mol. The predicted octanol–water partition coefficient (Wildman–Crippen LogP) is 4.36. The summed E-state index contributed by atoms with van der Waals surface area (Å²) < 4.78 is 0. The van der Waals surface area contributed by atoms with Gasteiger partial charge in [0, 0.05) is 17.5 Å². The van der Waals surface area contributed by atoms with Gasteiger partial charge >= 0.3 is 0 Å². The van der Waals surface area contributed by atoms with E-state index in [0.29, 0.717) is 23.0 Å². The smallest absolute Gasteiger partial charge is 0.249 e. The van der Waals surface area contributed by atoms with Crippen molar-refractivity contribution in [2.75, 3.05) is 0 Å². The molecule has 2 aliphatic rings. The summed E-state index contributed by atoms with van der Waals surface area (Å²) in [5.74, 6) is -0.598. The Kier molecular flexibility index (Phi) is 4.39. The van der Waals surface area contributed by atoms with E-state index in [1.807, 2.05) is 0 Å². The summed E-state index contributed by atoms with van der Waals surface area (Å²) in [5, 5.41) is 0. The molecule has 2 aromatic carbocycles. The van der Waals surface area contributed by atoms with Crippen LogP contribution in [0.15, 0.2) is 42.5 Å². The summed E-state index contributed by atoms with van der Waals surface area (Å²) in [6, 6.07) is 13.4. The fourth-order valence-electron chi connectivity index (χ4n) is 4.92. The van der Waals surface area contributed by atoms with Gasteiger partial charge in [0.2, 0.25) is 5.91 Å². The summed E-state index contributed by atoms with van der Waals surface area (Å²) in [5.41, 5.74) is 10.5. The van der Waals surface area contributed by atoms with Gasteiger partial charge in [-0.2, -0.15) is 0 Å². The molecule has 1 spiro atoms. The molecule has 0 unspecified atom stereocenters. The molecule has 0 aliphatic heterocycles. The molecule has 2 aromatic rings. The molecule has 1 amide bonds. The highest BCUT2D eigenvalue weighted by Crippen LogP contribution is 2.48. The number of benzene rings is 2. The van der Waals surface area contributed by atoms with E-state index in [-0.39, 0.29) is 5.78 Å². The first kappa shape index (κ1) is 17.0. The third-order valence-corrected chi connectivity index (χ3v) is 6.29. The Labute approximate surface area is 154 Å². The number of hydrogen-bond donors (Lipinski definition) is 1. The summed E-state index contributed by atoms with van der Waals surface area (Å²) in [6.45, 7) is 0. The highest BCUT2D eigenvalue weighted by atomic mass is 16.1. The van der Waals surface area contributed by atoms with Gasteiger partial charge in [0.1, 0.15) is 0 Å². The van der Waals surface area contributed by atoms with Gasteiger partial charge in [-0.1, -0.05) is 55.7 Å². The third-order valence-electron chi connectivity index (χ3n) is 6.29. The van der Waals surface area contributed by atoms with Crippen LogP contribution in [0.2, 0.25) is 0 Å². The van der Waals surface area contributed by atoms with Gasteiger partial charge in [0.25, 0.3) is 0 Å². The van der Waals surface area contributed by atoms with Gasteiger partial charge in [-0.3, -0.25) is 9.59 Å². The molecule has 0 bridgehead atoms. The van der Waals surface area contributed by atoms with Crippen LogP contribution in [0.5, 0.6) is 0 Å². The van der Waals surface area contributed by atoms with E-state index in [4.69, 9.17) is 5.73 Å². The number of carbonyl (C=O) groups is 2. The number of amides is 1. The van der Waals surface area contributed by atoms with Gasteiger partial charge in [-0.05, 0) is 53.9 Å². The second-order valence-corrected chi connectivity index (χ2v) is 7.84. The zero-order valence-electron chi connectivity index (χ0n) is 15.1. The van der Waals surface area contributed by atoms with Crippen LogP contribution in [-0.2, 0) is 18.3 Å². The molecule has 2 N–H and O–H groups in total. The maximum absolute atomic E-state index is 12.8. The van der Waals surface area contributed by atoms with Gasteiger partial charge in [0.15, 0.2) is 5.78 Å². The van der Waals surface area contributed by atoms with E-state index in [9.17, 15) is 9.59 Å². The number of aryl methyl sites for hydroxylation is 1. The molecular weight excluding hydrogens is 322 g/mol. The first-order valence-electron chi connectivity index (χ1n) is 9.63. The van der Waals surface area contributed by atoms with Crippen LogP contribution in [0.3, 0.4) is 0 Å². The molecule has 4 rings (SSSR count). The zero-order valence-corrected chi connectivity index (χ0v) is 15.1. The van der Waals surface area contributed by atoms with Crippen LogP contribution in [0, 0.1) is 0 Å². The SMILES string of the molecule is NC(=O)c1ccccc1C(=O)Cc1ccc2c(c1)C1(CCCCC1)CC2. The number of nitrogens with two attached hydrogens (primary N) is 1. The lowest BCUT2D eigenvalue weighted by molar-refractivity contribution is 0.0963. The predicted molar refractivity (Wildman–Crippen MR) is 103 cm³/mol. The second kappa shape index (κ2) is 6.71. The zero-order chi connectivity index (χ0) is 18.1. The van der Waals surface area contributed by atoms with Crippen LogP contribution < -0.4 is 5.73 Å². The molecule has 0 heterocycles. The molecule has 26 heavy (non-hydrogen) atoms. The Morgan fingerprint density at radius 1 is 0.923 bits per heavy atom. The molecule has 3 heteroatoms. The third kappa shape index (κ3) is 2.96. The molecule has 1 fully saturated rings. The van der Waals surface area contributed by atoms with Crippen LogP contribution in [0.1, 0.15) is 75.9 Å². The fourth-order valence-corrected chi connectivity index (χ4v) is 4.92. The summed E-state index contributed by atoms with van der Waals surface area (Å²) in [7, 11) is 0. The molecular formula is C23H25NO2. The molecule has 0 atom stereocenters. The lowest BCUT2D eigenvalue weighted by Gasteiger charge is -2.34. The molecule has 134 valence electrons. The van der Waals surface area contributed by atoms with Crippen molar-refractivity contribution in [1.29, 1.82) is 0 Å². The van der Waals surface area contributed by atoms with Gasteiger partial charge in [-0.15, -0.1) is 0 Å². The lowest BCUT2D eigenvalue weighted by Crippen LogP contribution is -2.26. The number of hydrogen-bond acceptors (Lipinski definition) is 2. The van der Waals surface area contributed by atoms with E-state index in [2.05, 4.69) is 18.2 Å². The quantitative estimate of drug-likeness (QED) is 0.835. The van der Waals surface area contributed by atoms with Crippen molar-refractivity contribution in [2.24, 2.45) is 5.73 Å². The normalized spacial score (nSPS) is 17.8. The Morgan fingerprint density at radius 3 is 2.38 bits per heavy atom. The maximum Gasteiger partial charge on any atom is 0.249 e. The minimum Gasteiger partial charge on any atom is -0.366 e. The van der Waals surface area contributed by atoms with E-state index in [1.54, 1.807) is 24.3 Å². The number of ketones is 1. The molecule has 1 saturated carbocycles. The van der Waals surface area contributed by atoms with Crippen molar-refractivity contribution in [2.45, 2.75) is 56.8 Å². The maximum atomic E-state index is 12.8. The summed E-state index contributed by atoms with van der Waals surface area (Å²) in [4.78, 5) is 24.4. The average molecular weight is 347 g/mol. The first-order chi connectivity index (χ1) is 12.6. The van der Waals surface area contributed by atoms with Gasteiger partial charge in [-0.25, -0.2) is 0 Å². The van der Waals surface area contributed by atoms with Crippen molar-refractivity contribution in [3.63, 3.8) is 0 Å². The highest BCUT2D eigenvalue weighted by Gasteiger charge is 2.39. The molecule has 0 saturated heterocycles. The van der Waals surface area contributed by atoms with E-state index >= 15 is 0 Å². The fraction of sp³-hybridized carbons (Fsp3) is 0.391. The molecule has 0 aromatic heterocycles.